The van der Waals surface area contributed by atoms with Crippen LogP contribution in [-0.2, 0) is 0 Å². The summed E-state index contributed by atoms with van der Waals surface area (Å²) in [6.45, 7) is 3.96. The Morgan fingerprint density at radius 1 is 1.00 bits per heavy atom. The van der Waals surface area contributed by atoms with Gasteiger partial charge in [0, 0.05) is 5.39 Å². The SMILES string of the molecule is Cc1ccc(C(C)NC(=O)c2cc3c(ccc4ccccc43)oc2=N)cc1. The number of hydrogen-bond acceptors (Lipinski definition) is 3. The number of aryl methyl sites for hydroxylation is 1. The molecule has 0 aliphatic heterocycles. The summed E-state index contributed by atoms with van der Waals surface area (Å²) in [5.41, 5.74) is 2.89. The van der Waals surface area contributed by atoms with Crippen LogP contribution in [0.15, 0.2) is 71.1 Å². The Hall–Kier alpha value is -3.40. The minimum atomic E-state index is -0.313. The zero-order valence-corrected chi connectivity index (χ0v) is 15.2. The van der Waals surface area contributed by atoms with Gasteiger partial charge in [-0.3, -0.25) is 10.2 Å². The fourth-order valence-corrected chi connectivity index (χ4v) is 3.27. The van der Waals surface area contributed by atoms with E-state index in [-0.39, 0.29) is 23.1 Å². The standard InChI is InChI=1S/C23H20N2O2/c1-14-7-9-16(10-8-14)15(2)25-23(26)20-13-19-18-6-4-3-5-17(18)11-12-21(19)27-22(20)24/h3-13,15,24H,1-2H3,(H,25,26). The van der Waals surface area contributed by atoms with Gasteiger partial charge in [0.05, 0.1) is 6.04 Å². The lowest BCUT2D eigenvalue weighted by atomic mass is 10.0. The second kappa shape index (κ2) is 6.72. The largest absolute Gasteiger partial charge is 0.438 e. The molecule has 0 saturated heterocycles. The van der Waals surface area contributed by atoms with Gasteiger partial charge in [-0.15, -0.1) is 0 Å². The lowest BCUT2D eigenvalue weighted by Gasteiger charge is -2.15. The number of rotatable bonds is 3. The highest BCUT2D eigenvalue weighted by atomic mass is 16.3. The van der Waals surface area contributed by atoms with E-state index in [1.54, 1.807) is 6.07 Å². The van der Waals surface area contributed by atoms with Crippen molar-refractivity contribution in [3.63, 3.8) is 0 Å². The molecule has 0 spiro atoms. The van der Waals surface area contributed by atoms with Crippen LogP contribution in [0.5, 0.6) is 0 Å². The van der Waals surface area contributed by atoms with E-state index in [0.29, 0.717) is 5.58 Å². The number of benzene rings is 3. The molecule has 1 amide bonds. The highest BCUT2D eigenvalue weighted by Gasteiger charge is 2.16. The number of hydrogen-bond donors (Lipinski definition) is 2. The zero-order valence-electron chi connectivity index (χ0n) is 15.2. The zero-order chi connectivity index (χ0) is 19.0. The highest BCUT2D eigenvalue weighted by Crippen LogP contribution is 2.25. The lowest BCUT2D eigenvalue weighted by Crippen LogP contribution is -2.30. The molecule has 2 N–H and O–H groups in total. The maximum atomic E-state index is 12.8. The summed E-state index contributed by atoms with van der Waals surface area (Å²) in [5, 5.41) is 14.0. The van der Waals surface area contributed by atoms with Crippen molar-refractivity contribution in [2.75, 3.05) is 0 Å². The van der Waals surface area contributed by atoms with Crippen molar-refractivity contribution in [3.8, 4) is 0 Å². The number of nitrogens with one attached hydrogen (secondary N) is 2. The molecule has 0 aliphatic carbocycles. The molecule has 4 heteroatoms. The number of carbonyl (C=O) groups excluding carboxylic acids is 1. The molecule has 0 bridgehead atoms. The maximum absolute atomic E-state index is 12.8. The summed E-state index contributed by atoms with van der Waals surface area (Å²) in [6, 6.07) is 21.4. The third-order valence-corrected chi connectivity index (χ3v) is 4.85. The van der Waals surface area contributed by atoms with Gasteiger partial charge < -0.3 is 9.73 Å². The molecule has 1 aromatic heterocycles. The van der Waals surface area contributed by atoms with Crippen molar-refractivity contribution in [2.24, 2.45) is 0 Å². The molecule has 0 saturated carbocycles. The van der Waals surface area contributed by atoms with Gasteiger partial charge in [-0.1, -0.05) is 60.2 Å². The Kier molecular flexibility index (Phi) is 4.24. The molecule has 4 nitrogen and oxygen atoms in total. The first-order valence-corrected chi connectivity index (χ1v) is 8.90. The molecular weight excluding hydrogens is 336 g/mol. The Morgan fingerprint density at radius 2 is 1.74 bits per heavy atom. The van der Waals surface area contributed by atoms with E-state index in [1.165, 1.54) is 5.56 Å². The van der Waals surface area contributed by atoms with E-state index in [4.69, 9.17) is 9.83 Å². The molecule has 27 heavy (non-hydrogen) atoms. The van der Waals surface area contributed by atoms with Crippen LogP contribution in [0.1, 0.15) is 34.5 Å². The molecule has 1 unspecified atom stereocenters. The van der Waals surface area contributed by atoms with Gasteiger partial charge in [-0.2, -0.15) is 0 Å². The van der Waals surface area contributed by atoms with Crippen molar-refractivity contribution in [1.82, 2.24) is 5.32 Å². The van der Waals surface area contributed by atoms with Crippen molar-refractivity contribution in [2.45, 2.75) is 19.9 Å². The van der Waals surface area contributed by atoms with Crippen LogP contribution in [0.2, 0.25) is 0 Å². The molecule has 4 rings (SSSR count). The maximum Gasteiger partial charge on any atom is 0.257 e. The molecule has 134 valence electrons. The first kappa shape index (κ1) is 17.0. The molecule has 0 radical (unpaired) electrons. The first-order valence-electron chi connectivity index (χ1n) is 8.90. The fraction of sp³-hybridized carbons (Fsp3) is 0.130. The number of amides is 1. The molecule has 0 fully saturated rings. The summed E-state index contributed by atoms with van der Waals surface area (Å²) in [7, 11) is 0. The number of carbonyl (C=O) groups is 1. The van der Waals surface area contributed by atoms with E-state index in [2.05, 4.69) is 5.32 Å². The highest BCUT2D eigenvalue weighted by molar-refractivity contribution is 6.07. The minimum absolute atomic E-state index is 0.133. The van der Waals surface area contributed by atoms with Crippen LogP contribution >= 0.6 is 0 Å². The average Bonchev–Trinajstić information content (AvgIpc) is 2.67. The van der Waals surface area contributed by atoms with Gasteiger partial charge in [0.15, 0.2) is 0 Å². The quantitative estimate of drug-likeness (QED) is 0.515. The van der Waals surface area contributed by atoms with E-state index in [9.17, 15) is 4.79 Å². The summed E-state index contributed by atoms with van der Waals surface area (Å²) in [6.07, 6.45) is 0. The van der Waals surface area contributed by atoms with Crippen LogP contribution in [0.25, 0.3) is 21.7 Å². The Balaban J connectivity index is 1.72. The summed E-state index contributed by atoms with van der Waals surface area (Å²) >= 11 is 0. The third-order valence-electron chi connectivity index (χ3n) is 4.85. The Morgan fingerprint density at radius 3 is 2.52 bits per heavy atom. The first-order chi connectivity index (χ1) is 13.0. The smallest absolute Gasteiger partial charge is 0.257 e. The predicted molar refractivity (Wildman–Crippen MR) is 107 cm³/mol. The van der Waals surface area contributed by atoms with Crippen LogP contribution in [0.4, 0.5) is 0 Å². The van der Waals surface area contributed by atoms with Crippen LogP contribution in [0, 0.1) is 12.3 Å². The number of fused-ring (bicyclic) bond motifs is 3. The third kappa shape index (κ3) is 3.22. The van der Waals surface area contributed by atoms with Crippen molar-refractivity contribution >= 4 is 27.6 Å². The molecule has 1 heterocycles. The Labute approximate surface area is 157 Å². The molecule has 1 atom stereocenters. The van der Waals surface area contributed by atoms with Gasteiger partial charge in [0.2, 0.25) is 5.55 Å². The lowest BCUT2D eigenvalue weighted by molar-refractivity contribution is 0.0935. The van der Waals surface area contributed by atoms with Crippen molar-refractivity contribution in [3.05, 3.63) is 89.0 Å². The molecule has 4 aromatic rings. The van der Waals surface area contributed by atoms with Crippen molar-refractivity contribution in [1.29, 1.82) is 5.41 Å². The predicted octanol–water partition coefficient (Wildman–Crippen LogP) is 4.86. The van der Waals surface area contributed by atoms with Gasteiger partial charge in [-0.05, 0) is 42.3 Å². The molecule has 0 aliphatic rings. The van der Waals surface area contributed by atoms with E-state index >= 15 is 0 Å². The van der Waals surface area contributed by atoms with Gasteiger partial charge in [-0.25, -0.2) is 0 Å². The van der Waals surface area contributed by atoms with E-state index in [1.807, 2.05) is 74.5 Å². The van der Waals surface area contributed by atoms with Gasteiger partial charge in [0.25, 0.3) is 5.91 Å². The topological polar surface area (TPSA) is 66.1 Å². The van der Waals surface area contributed by atoms with Crippen LogP contribution in [0.3, 0.4) is 0 Å². The summed E-state index contributed by atoms with van der Waals surface area (Å²) in [5.74, 6) is -0.313. The Bertz CT molecular complexity index is 1210. The summed E-state index contributed by atoms with van der Waals surface area (Å²) in [4.78, 5) is 12.8. The van der Waals surface area contributed by atoms with Crippen molar-refractivity contribution < 1.29 is 9.21 Å². The summed E-state index contributed by atoms with van der Waals surface area (Å²) < 4.78 is 5.63. The van der Waals surface area contributed by atoms with E-state index < -0.39 is 0 Å². The average molecular weight is 356 g/mol. The fourth-order valence-electron chi connectivity index (χ4n) is 3.27. The van der Waals surface area contributed by atoms with Gasteiger partial charge in [0.1, 0.15) is 11.1 Å². The second-order valence-corrected chi connectivity index (χ2v) is 6.79. The molecular formula is C23H20N2O2. The molecule has 3 aromatic carbocycles. The van der Waals surface area contributed by atoms with Crippen LogP contribution < -0.4 is 10.9 Å². The monoisotopic (exact) mass is 356 g/mol. The van der Waals surface area contributed by atoms with Gasteiger partial charge >= 0.3 is 0 Å². The van der Waals surface area contributed by atoms with E-state index in [0.717, 1.165) is 21.7 Å². The minimum Gasteiger partial charge on any atom is -0.438 e. The van der Waals surface area contributed by atoms with Crippen LogP contribution in [-0.4, -0.2) is 5.91 Å². The normalized spacial score (nSPS) is 12.2. The second-order valence-electron chi connectivity index (χ2n) is 6.79.